The molecular formula is C58H44N2. The fourth-order valence-corrected chi connectivity index (χ4v) is 11.0. The molecule has 1 heterocycles. The van der Waals surface area contributed by atoms with Crippen molar-refractivity contribution >= 4 is 49.6 Å². The van der Waals surface area contributed by atoms with Crippen molar-refractivity contribution < 1.29 is 0 Å². The number of anilines is 3. The summed E-state index contributed by atoms with van der Waals surface area (Å²) in [6, 6.07) is 72.5. The van der Waals surface area contributed by atoms with Crippen molar-refractivity contribution in [1.82, 2.24) is 4.57 Å². The summed E-state index contributed by atoms with van der Waals surface area (Å²) in [5.74, 6) is 0. The number of hydrogen-bond acceptors (Lipinski definition) is 1. The molecule has 0 N–H and O–H groups in total. The molecule has 0 fully saturated rings. The van der Waals surface area contributed by atoms with Crippen molar-refractivity contribution in [2.75, 3.05) is 4.90 Å². The van der Waals surface area contributed by atoms with E-state index in [0.29, 0.717) is 0 Å². The lowest BCUT2D eigenvalue weighted by Gasteiger charge is -2.32. The van der Waals surface area contributed by atoms with E-state index >= 15 is 0 Å². The summed E-state index contributed by atoms with van der Waals surface area (Å²) in [4.78, 5) is 2.63. The van der Waals surface area contributed by atoms with Crippen molar-refractivity contribution in [2.45, 2.75) is 38.5 Å². The maximum atomic E-state index is 2.63. The third-order valence-corrected chi connectivity index (χ3v) is 13.8. The number of aromatic nitrogens is 1. The Morgan fingerprint density at radius 3 is 1.38 bits per heavy atom. The van der Waals surface area contributed by atoms with Gasteiger partial charge in [0, 0.05) is 43.8 Å². The van der Waals surface area contributed by atoms with Crippen LogP contribution in [0.3, 0.4) is 0 Å². The number of nitrogens with zero attached hydrogens (tertiary/aromatic N) is 2. The molecule has 1 aromatic heterocycles. The molecule has 0 saturated carbocycles. The predicted octanol–water partition coefficient (Wildman–Crippen LogP) is 15.7. The number of para-hydroxylation sites is 2. The van der Waals surface area contributed by atoms with Gasteiger partial charge >= 0.3 is 0 Å². The Morgan fingerprint density at radius 1 is 0.350 bits per heavy atom. The average molecular weight is 769 g/mol. The third kappa shape index (κ3) is 4.76. The highest BCUT2D eigenvalue weighted by Gasteiger charge is 2.41. The summed E-state index contributed by atoms with van der Waals surface area (Å²) in [7, 11) is 0. The van der Waals surface area contributed by atoms with Gasteiger partial charge in [-0.05, 0) is 86.3 Å². The van der Waals surface area contributed by atoms with E-state index in [-0.39, 0.29) is 10.8 Å². The van der Waals surface area contributed by atoms with Gasteiger partial charge in [0.1, 0.15) is 0 Å². The Hall–Kier alpha value is -7.16. The first-order valence-electron chi connectivity index (χ1n) is 21.2. The Kier molecular flexibility index (Phi) is 7.36. The summed E-state index contributed by atoms with van der Waals surface area (Å²) in [5, 5.41) is 4.92. The van der Waals surface area contributed by atoms with Gasteiger partial charge in [-0.15, -0.1) is 0 Å². The van der Waals surface area contributed by atoms with Crippen LogP contribution in [0.4, 0.5) is 17.1 Å². The number of hydrogen-bond donors (Lipinski definition) is 0. The van der Waals surface area contributed by atoms with Gasteiger partial charge in [-0.3, -0.25) is 0 Å². The minimum absolute atomic E-state index is 0.159. The van der Waals surface area contributed by atoms with E-state index in [2.05, 4.69) is 231 Å². The zero-order chi connectivity index (χ0) is 40.3. The monoisotopic (exact) mass is 768 g/mol. The van der Waals surface area contributed by atoms with Gasteiger partial charge in [-0.25, -0.2) is 0 Å². The van der Waals surface area contributed by atoms with E-state index in [9.17, 15) is 0 Å². The summed E-state index contributed by atoms with van der Waals surface area (Å²) in [5.41, 5.74) is 19.8. The van der Waals surface area contributed by atoms with Crippen LogP contribution < -0.4 is 4.90 Å². The number of fused-ring (bicyclic) bond motifs is 10. The Balaban J connectivity index is 1.26. The summed E-state index contributed by atoms with van der Waals surface area (Å²) >= 11 is 0. The first-order chi connectivity index (χ1) is 29.3. The molecule has 286 valence electrons. The largest absolute Gasteiger partial charge is 0.309 e. The van der Waals surface area contributed by atoms with Crippen molar-refractivity contribution in [2.24, 2.45) is 0 Å². The standard InChI is InChI=1S/C58H44N2/c1-57(2)46-27-12-8-23-43(46)55-48(57)29-17-33-52(55)60(53-34-18-30-49-56(53)44-24-9-13-28-47(44)58(49,3)4)54-36-38(35-45-39(25-16-26-42(45)54)37-19-6-5-7-20-37)59-50-31-14-10-21-40(50)41-22-11-15-32-51(41)59/h5-36H,1-4H3. The molecule has 2 aliphatic rings. The molecule has 0 bridgehead atoms. The minimum atomic E-state index is -0.159. The lowest BCUT2D eigenvalue weighted by Crippen LogP contribution is -2.17. The molecular weight excluding hydrogens is 725 g/mol. The van der Waals surface area contributed by atoms with E-state index in [1.54, 1.807) is 0 Å². The smallest absolute Gasteiger partial charge is 0.0561 e. The van der Waals surface area contributed by atoms with Crippen LogP contribution in [0.2, 0.25) is 0 Å². The third-order valence-electron chi connectivity index (χ3n) is 13.8. The predicted molar refractivity (Wildman–Crippen MR) is 254 cm³/mol. The second-order valence-corrected chi connectivity index (χ2v) is 17.7. The van der Waals surface area contributed by atoms with Crippen LogP contribution in [0.1, 0.15) is 49.9 Å². The molecule has 0 spiro atoms. The highest BCUT2D eigenvalue weighted by atomic mass is 15.2. The minimum Gasteiger partial charge on any atom is -0.309 e. The quantitative estimate of drug-likeness (QED) is 0.169. The first kappa shape index (κ1) is 34.8. The maximum absolute atomic E-state index is 2.63. The van der Waals surface area contributed by atoms with Gasteiger partial charge in [0.05, 0.1) is 28.1 Å². The second kappa shape index (κ2) is 12.7. The lowest BCUT2D eigenvalue weighted by molar-refractivity contribution is 0.660. The fourth-order valence-electron chi connectivity index (χ4n) is 11.0. The van der Waals surface area contributed by atoms with E-state index in [0.717, 1.165) is 11.4 Å². The Bertz CT molecular complexity index is 3220. The Labute approximate surface area is 351 Å². The molecule has 12 rings (SSSR count). The van der Waals surface area contributed by atoms with Crippen molar-refractivity contribution in [3.8, 4) is 39.1 Å². The number of benzene rings is 9. The highest BCUT2D eigenvalue weighted by molar-refractivity contribution is 6.13. The van der Waals surface area contributed by atoms with Gasteiger partial charge < -0.3 is 9.47 Å². The lowest BCUT2D eigenvalue weighted by atomic mass is 9.82. The zero-order valence-electron chi connectivity index (χ0n) is 34.4. The van der Waals surface area contributed by atoms with Crippen LogP contribution in [0.15, 0.2) is 194 Å². The number of rotatable bonds is 5. The van der Waals surface area contributed by atoms with Crippen molar-refractivity contribution in [3.63, 3.8) is 0 Å². The SMILES string of the molecule is CC1(C)c2ccccc2-c2c(N(c3cccc4c3-c3ccccc3C4(C)C)c3cc(-n4c5ccccc5c5ccccc54)cc4c(-c5ccccc5)cccc34)cccc21. The molecule has 0 amide bonds. The zero-order valence-corrected chi connectivity index (χ0v) is 34.4. The second-order valence-electron chi connectivity index (χ2n) is 17.7. The molecule has 2 aliphatic carbocycles. The molecule has 60 heavy (non-hydrogen) atoms. The van der Waals surface area contributed by atoms with Crippen LogP contribution in [0.25, 0.3) is 71.6 Å². The van der Waals surface area contributed by atoms with Crippen molar-refractivity contribution in [3.05, 3.63) is 216 Å². The Morgan fingerprint density at radius 2 is 0.800 bits per heavy atom. The summed E-state index contributed by atoms with van der Waals surface area (Å²) < 4.78 is 2.48. The van der Waals surface area contributed by atoms with Gasteiger partial charge in [-0.1, -0.05) is 185 Å². The van der Waals surface area contributed by atoms with Gasteiger partial charge in [0.25, 0.3) is 0 Å². The van der Waals surface area contributed by atoms with Crippen LogP contribution in [0, 0.1) is 0 Å². The molecule has 2 nitrogen and oxygen atoms in total. The van der Waals surface area contributed by atoms with E-state index < -0.39 is 0 Å². The van der Waals surface area contributed by atoms with Crippen LogP contribution in [0.5, 0.6) is 0 Å². The summed E-state index contributed by atoms with van der Waals surface area (Å²) in [6.07, 6.45) is 0. The molecule has 0 atom stereocenters. The molecule has 0 unspecified atom stereocenters. The molecule has 10 aromatic rings. The van der Waals surface area contributed by atoms with Crippen LogP contribution >= 0.6 is 0 Å². The molecule has 0 aliphatic heterocycles. The first-order valence-corrected chi connectivity index (χ1v) is 21.2. The molecule has 9 aromatic carbocycles. The molecule has 0 radical (unpaired) electrons. The van der Waals surface area contributed by atoms with Gasteiger partial charge in [0.15, 0.2) is 0 Å². The normalized spacial score (nSPS) is 14.3. The topological polar surface area (TPSA) is 8.17 Å². The van der Waals surface area contributed by atoms with Gasteiger partial charge in [0.2, 0.25) is 0 Å². The maximum Gasteiger partial charge on any atom is 0.0561 e. The molecule has 0 saturated heterocycles. The van der Waals surface area contributed by atoms with Gasteiger partial charge in [-0.2, -0.15) is 0 Å². The highest BCUT2D eigenvalue weighted by Crippen LogP contribution is 2.59. The molecule has 2 heteroatoms. The van der Waals surface area contributed by atoms with Crippen LogP contribution in [-0.4, -0.2) is 4.57 Å². The summed E-state index contributed by atoms with van der Waals surface area (Å²) in [6.45, 7) is 9.54. The van der Waals surface area contributed by atoms with E-state index in [1.807, 2.05) is 0 Å². The van der Waals surface area contributed by atoms with Crippen molar-refractivity contribution in [1.29, 1.82) is 0 Å². The van der Waals surface area contributed by atoms with E-state index in [1.165, 1.54) is 99.6 Å². The van der Waals surface area contributed by atoms with E-state index in [4.69, 9.17) is 0 Å². The fraction of sp³-hybridized carbons (Fsp3) is 0.103. The average Bonchev–Trinajstić information content (AvgIpc) is 3.84. The van der Waals surface area contributed by atoms with Crippen LogP contribution in [-0.2, 0) is 10.8 Å².